The number of anilines is 1. The second-order valence-electron chi connectivity index (χ2n) is 4.55. The van der Waals surface area contributed by atoms with Crippen LogP contribution in [0.5, 0.6) is 0 Å². The Hall–Kier alpha value is -2.56. The number of benzene rings is 1. The first-order valence-electron chi connectivity index (χ1n) is 6.05. The van der Waals surface area contributed by atoms with Crippen molar-refractivity contribution >= 4 is 5.69 Å². The Balaban J connectivity index is 2.27. The highest BCUT2D eigenvalue weighted by Gasteiger charge is 2.31. The average Bonchev–Trinajstić information content (AvgIpc) is 3.12. The number of imidazole rings is 2. The van der Waals surface area contributed by atoms with Crippen LogP contribution >= 0.6 is 0 Å². The van der Waals surface area contributed by atoms with Gasteiger partial charge in [0.15, 0.2) is 0 Å². The minimum atomic E-state index is -0.488. The molecular formula is C14H15N5. The zero-order valence-corrected chi connectivity index (χ0v) is 10.6. The lowest BCUT2D eigenvalue weighted by Crippen LogP contribution is -2.38. The van der Waals surface area contributed by atoms with Gasteiger partial charge in [-0.25, -0.2) is 9.97 Å². The molecular weight excluding hydrogens is 238 g/mol. The fraction of sp³-hybridized carbons (Fsp3) is 0.143. The van der Waals surface area contributed by atoms with Gasteiger partial charge in [0.05, 0.1) is 12.7 Å². The van der Waals surface area contributed by atoms with Crippen LogP contribution in [0.25, 0.3) is 0 Å². The van der Waals surface area contributed by atoms with Crippen LogP contribution in [-0.2, 0) is 5.66 Å². The van der Waals surface area contributed by atoms with Crippen LogP contribution in [0.15, 0.2) is 61.7 Å². The van der Waals surface area contributed by atoms with Crippen molar-refractivity contribution < 1.29 is 0 Å². The Morgan fingerprint density at radius 2 is 1.58 bits per heavy atom. The first-order chi connectivity index (χ1) is 9.23. The summed E-state index contributed by atoms with van der Waals surface area (Å²) in [7, 11) is 0. The van der Waals surface area contributed by atoms with E-state index in [1.54, 1.807) is 25.0 Å². The van der Waals surface area contributed by atoms with Crippen molar-refractivity contribution in [1.82, 2.24) is 19.1 Å². The molecule has 5 heteroatoms. The molecule has 0 spiro atoms. The van der Waals surface area contributed by atoms with Crippen LogP contribution in [-0.4, -0.2) is 19.1 Å². The van der Waals surface area contributed by atoms with Crippen molar-refractivity contribution in [3.05, 3.63) is 67.3 Å². The van der Waals surface area contributed by atoms with Crippen LogP contribution in [0.4, 0.5) is 5.69 Å². The zero-order chi connectivity index (χ0) is 13.3. The number of hydrogen-bond acceptors (Lipinski definition) is 3. The van der Waals surface area contributed by atoms with Crippen molar-refractivity contribution in [3.63, 3.8) is 0 Å². The smallest absolute Gasteiger partial charge is 0.147 e. The maximum atomic E-state index is 6.15. The maximum Gasteiger partial charge on any atom is 0.147 e. The van der Waals surface area contributed by atoms with Gasteiger partial charge in [0.2, 0.25) is 0 Å². The third-order valence-electron chi connectivity index (χ3n) is 3.49. The Morgan fingerprint density at radius 1 is 1.00 bits per heavy atom. The largest absolute Gasteiger partial charge is 0.398 e. The first kappa shape index (κ1) is 11.5. The summed E-state index contributed by atoms with van der Waals surface area (Å²) in [6.45, 7) is 2.09. The summed E-state index contributed by atoms with van der Waals surface area (Å²) in [6, 6.07) is 7.84. The van der Waals surface area contributed by atoms with Crippen LogP contribution in [0, 0.1) is 0 Å². The summed E-state index contributed by atoms with van der Waals surface area (Å²) in [4.78, 5) is 8.28. The summed E-state index contributed by atoms with van der Waals surface area (Å²) in [5.41, 5.74) is 7.41. The molecule has 0 aliphatic heterocycles. The highest BCUT2D eigenvalue weighted by molar-refractivity contribution is 5.50. The number of nitrogens with zero attached hydrogens (tertiary/aromatic N) is 4. The molecule has 0 radical (unpaired) electrons. The highest BCUT2D eigenvalue weighted by atomic mass is 15.3. The van der Waals surface area contributed by atoms with Gasteiger partial charge in [0, 0.05) is 36.0 Å². The van der Waals surface area contributed by atoms with Gasteiger partial charge in [-0.15, -0.1) is 0 Å². The van der Waals surface area contributed by atoms with Crippen molar-refractivity contribution in [2.75, 3.05) is 5.73 Å². The van der Waals surface area contributed by atoms with E-state index in [-0.39, 0.29) is 0 Å². The molecule has 0 amide bonds. The van der Waals surface area contributed by atoms with E-state index in [0.717, 1.165) is 11.3 Å². The molecule has 0 atom stereocenters. The van der Waals surface area contributed by atoms with Crippen LogP contribution in [0.3, 0.4) is 0 Å². The maximum absolute atomic E-state index is 6.15. The lowest BCUT2D eigenvalue weighted by molar-refractivity contribution is 0.326. The van der Waals surface area contributed by atoms with E-state index in [1.165, 1.54) is 0 Å². The fourth-order valence-corrected chi connectivity index (χ4v) is 2.37. The topological polar surface area (TPSA) is 61.7 Å². The number of nitrogens with two attached hydrogens (primary N) is 1. The number of hydrogen-bond donors (Lipinski definition) is 1. The fourth-order valence-electron chi connectivity index (χ4n) is 2.37. The normalized spacial score (nSPS) is 11.6. The Morgan fingerprint density at radius 3 is 2.05 bits per heavy atom. The summed E-state index contributed by atoms with van der Waals surface area (Å²) in [6.07, 6.45) is 10.9. The van der Waals surface area contributed by atoms with Crippen LogP contribution in [0.2, 0.25) is 0 Å². The van der Waals surface area contributed by atoms with E-state index in [4.69, 9.17) is 5.73 Å². The molecule has 0 aliphatic rings. The molecule has 0 bridgehead atoms. The zero-order valence-electron chi connectivity index (χ0n) is 10.6. The molecule has 3 rings (SSSR count). The predicted molar refractivity (Wildman–Crippen MR) is 73.5 cm³/mol. The lowest BCUT2D eigenvalue weighted by atomic mass is 9.99. The average molecular weight is 253 g/mol. The summed E-state index contributed by atoms with van der Waals surface area (Å²) in [5.74, 6) is 0. The van der Waals surface area contributed by atoms with Gasteiger partial charge in [-0.05, 0) is 13.0 Å². The van der Waals surface area contributed by atoms with Gasteiger partial charge in [-0.1, -0.05) is 18.2 Å². The van der Waals surface area contributed by atoms with Crippen molar-refractivity contribution in [2.24, 2.45) is 0 Å². The molecule has 0 fully saturated rings. The van der Waals surface area contributed by atoms with Gasteiger partial charge in [-0.3, -0.25) is 0 Å². The van der Waals surface area contributed by atoms with Crippen molar-refractivity contribution in [1.29, 1.82) is 0 Å². The molecule has 0 aliphatic carbocycles. The standard InChI is InChI=1S/C14H15N5/c1-14(18-8-6-16-10-18,19-9-7-17-11-19)12-4-2-3-5-13(12)15/h2-11H,15H2,1H3. The van der Waals surface area contributed by atoms with Crippen LogP contribution in [0.1, 0.15) is 12.5 Å². The molecule has 3 aromatic rings. The van der Waals surface area contributed by atoms with Gasteiger partial charge in [0.25, 0.3) is 0 Å². The molecule has 0 saturated heterocycles. The highest BCUT2D eigenvalue weighted by Crippen LogP contribution is 2.31. The molecule has 2 heterocycles. The third-order valence-corrected chi connectivity index (χ3v) is 3.49. The monoisotopic (exact) mass is 253 g/mol. The van der Waals surface area contributed by atoms with Gasteiger partial charge < -0.3 is 14.9 Å². The number of aromatic nitrogens is 4. The van der Waals surface area contributed by atoms with E-state index >= 15 is 0 Å². The second-order valence-corrected chi connectivity index (χ2v) is 4.55. The van der Waals surface area contributed by atoms with Crippen molar-refractivity contribution in [3.8, 4) is 0 Å². The Bertz CT molecular complexity index is 621. The molecule has 2 N–H and O–H groups in total. The van der Waals surface area contributed by atoms with E-state index in [1.807, 2.05) is 45.8 Å². The lowest BCUT2D eigenvalue weighted by Gasteiger charge is -2.34. The SMILES string of the molecule is CC(c1ccccc1N)(n1ccnc1)n1ccnc1. The number of nitrogen functional groups attached to an aromatic ring is 1. The first-order valence-corrected chi connectivity index (χ1v) is 6.05. The summed E-state index contributed by atoms with van der Waals surface area (Å²) < 4.78 is 4.03. The summed E-state index contributed by atoms with van der Waals surface area (Å²) >= 11 is 0. The van der Waals surface area contributed by atoms with Crippen LogP contribution < -0.4 is 5.73 Å². The van der Waals surface area contributed by atoms with E-state index < -0.39 is 5.66 Å². The van der Waals surface area contributed by atoms with Gasteiger partial charge in [0.1, 0.15) is 5.66 Å². The Kier molecular flexibility index (Phi) is 2.59. The molecule has 5 nitrogen and oxygen atoms in total. The van der Waals surface area contributed by atoms with Crippen molar-refractivity contribution in [2.45, 2.75) is 12.6 Å². The van der Waals surface area contributed by atoms with Gasteiger partial charge >= 0.3 is 0 Å². The predicted octanol–water partition coefficient (Wildman–Crippen LogP) is 1.93. The number of rotatable bonds is 3. The molecule has 19 heavy (non-hydrogen) atoms. The molecule has 1 aromatic carbocycles. The number of para-hydroxylation sites is 1. The third kappa shape index (κ3) is 1.71. The second kappa shape index (κ2) is 4.28. The minimum Gasteiger partial charge on any atom is -0.398 e. The Labute approximate surface area is 111 Å². The van der Waals surface area contributed by atoms with Gasteiger partial charge in [-0.2, -0.15) is 0 Å². The van der Waals surface area contributed by atoms with E-state index in [2.05, 4.69) is 16.9 Å². The molecule has 96 valence electrons. The minimum absolute atomic E-state index is 0.488. The molecule has 2 aromatic heterocycles. The summed E-state index contributed by atoms with van der Waals surface area (Å²) in [5, 5.41) is 0. The molecule has 0 saturated carbocycles. The quantitative estimate of drug-likeness (QED) is 0.725. The van der Waals surface area contributed by atoms with E-state index in [9.17, 15) is 0 Å². The van der Waals surface area contributed by atoms with E-state index in [0.29, 0.717) is 0 Å². The molecule has 0 unspecified atom stereocenters.